The van der Waals surface area contributed by atoms with E-state index in [1.54, 1.807) is 0 Å². The quantitative estimate of drug-likeness (QED) is 0.865. The monoisotopic (exact) mass is 330 g/mol. The van der Waals surface area contributed by atoms with Gasteiger partial charge in [-0.1, -0.05) is 25.7 Å². The number of carbonyl (C=O) groups excluding carboxylic acids is 1. The number of anilines is 1. The molecule has 0 bridgehead atoms. The molecular formula is C19H30N4O. The van der Waals surface area contributed by atoms with Crippen LogP contribution in [0.3, 0.4) is 0 Å². The van der Waals surface area contributed by atoms with Crippen molar-refractivity contribution in [2.24, 2.45) is 5.92 Å². The van der Waals surface area contributed by atoms with E-state index in [2.05, 4.69) is 20.2 Å². The zero-order valence-corrected chi connectivity index (χ0v) is 15.1. The van der Waals surface area contributed by atoms with Crippen LogP contribution in [0.25, 0.3) is 0 Å². The van der Waals surface area contributed by atoms with Gasteiger partial charge in [-0.15, -0.1) is 0 Å². The highest BCUT2D eigenvalue weighted by molar-refractivity contribution is 5.79. The van der Waals surface area contributed by atoms with Gasteiger partial charge < -0.3 is 10.2 Å². The van der Waals surface area contributed by atoms with Gasteiger partial charge in [0.1, 0.15) is 0 Å². The van der Waals surface area contributed by atoms with Crippen LogP contribution in [0.4, 0.5) is 5.95 Å². The van der Waals surface area contributed by atoms with E-state index in [0.717, 1.165) is 56.1 Å². The van der Waals surface area contributed by atoms with Gasteiger partial charge in [-0.2, -0.15) is 0 Å². The van der Waals surface area contributed by atoms with Crippen LogP contribution >= 0.6 is 0 Å². The van der Waals surface area contributed by atoms with Crippen molar-refractivity contribution in [2.45, 2.75) is 71.3 Å². The molecule has 0 aromatic carbocycles. The van der Waals surface area contributed by atoms with Crippen molar-refractivity contribution in [3.8, 4) is 0 Å². The van der Waals surface area contributed by atoms with Crippen molar-refractivity contribution in [1.29, 1.82) is 0 Å². The lowest BCUT2D eigenvalue weighted by Gasteiger charge is -2.33. The summed E-state index contributed by atoms with van der Waals surface area (Å²) in [5.41, 5.74) is 1.98. The largest absolute Gasteiger partial charge is 0.353 e. The van der Waals surface area contributed by atoms with Gasteiger partial charge in [0.2, 0.25) is 11.9 Å². The van der Waals surface area contributed by atoms with Gasteiger partial charge in [-0.05, 0) is 45.6 Å². The van der Waals surface area contributed by atoms with Crippen LogP contribution in [0.1, 0.15) is 62.8 Å². The van der Waals surface area contributed by atoms with Crippen LogP contribution in [0.15, 0.2) is 6.07 Å². The highest BCUT2D eigenvalue weighted by Crippen LogP contribution is 2.23. The number of amides is 1. The SMILES string of the molecule is Cc1cc(C)nc(N2CCCC(C(=O)NC3CCCCCC3)C2)n1. The normalized spacial score (nSPS) is 22.9. The summed E-state index contributed by atoms with van der Waals surface area (Å²) < 4.78 is 0. The van der Waals surface area contributed by atoms with Crippen molar-refractivity contribution >= 4 is 11.9 Å². The Kier molecular flexibility index (Phi) is 5.69. The lowest BCUT2D eigenvalue weighted by Crippen LogP contribution is -2.46. The summed E-state index contributed by atoms with van der Waals surface area (Å²) in [6.45, 7) is 5.67. The standard InChI is InChI=1S/C19H30N4O/c1-14-12-15(2)21-19(20-14)23-11-7-8-16(13-23)18(24)22-17-9-5-3-4-6-10-17/h12,16-17H,3-11,13H2,1-2H3,(H,22,24). The Morgan fingerprint density at radius 3 is 2.38 bits per heavy atom. The number of hydrogen-bond donors (Lipinski definition) is 1. The lowest BCUT2D eigenvalue weighted by molar-refractivity contribution is -0.126. The van der Waals surface area contributed by atoms with Gasteiger partial charge in [0, 0.05) is 30.5 Å². The number of rotatable bonds is 3. The molecule has 1 aromatic heterocycles. The summed E-state index contributed by atoms with van der Waals surface area (Å²) in [6.07, 6.45) is 9.40. The summed E-state index contributed by atoms with van der Waals surface area (Å²) in [6, 6.07) is 2.37. The molecule has 1 aliphatic carbocycles. The zero-order valence-electron chi connectivity index (χ0n) is 15.1. The molecule has 1 saturated carbocycles. The van der Waals surface area contributed by atoms with E-state index in [-0.39, 0.29) is 11.8 Å². The molecule has 1 amide bonds. The molecule has 1 N–H and O–H groups in total. The average Bonchev–Trinajstić information content (AvgIpc) is 2.83. The third-order valence-electron chi connectivity index (χ3n) is 5.25. The molecule has 2 heterocycles. The van der Waals surface area contributed by atoms with Crippen LogP contribution in [0.2, 0.25) is 0 Å². The predicted molar refractivity (Wildman–Crippen MR) is 96.1 cm³/mol. The lowest BCUT2D eigenvalue weighted by atomic mass is 9.96. The molecule has 2 fully saturated rings. The van der Waals surface area contributed by atoms with E-state index in [9.17, 15) is 4.79 Å². The van der Waals surface area contributed by atoms with Crippen LogP contribution in [-0.2, 0) is 4.79 Å². The topological polar surface area (TPSA) is 58.1 Å². The molecule has 1 aromatic rings. The summed E-state index contributed by atoms with van der Waals surface area (Å²) in [7, 11) is 0. The number of aromatic nitrogens is 2. The number of piperidine rings is 1. The van der Waals surface area contributed by atoms with Gasteiger partial charge in [-0.25, -0.2) is 9.97 Å². The maximum Gasteiger partial charge on any atom is 0.225 e. The van der Waals surface area contributed by atoms with E-state index >= 15 is 0 Å². The molecule has 1 aliphatic heterocycles. The minimum atomic E-state index is 0.0615. The molecule has 24 heavy (non-hydrogen) atoms. The molecule has 1 saturated heterocycles. The second-order valence-electron chi connectivity index (χ2n) is 7.43. The van der Waals surface area contributed by atoms with Crippen LogP contribution < -0.4 is 10.2 Å². The number of nitrogens with one attached hydrogen (secondary N) is 1. The molecule has 132 valence electrons. The molecule has 1 unspecified atom stereocenters. The molecule has 0 radical (unpaired) electrons. The van der Waals surface area contributed by atoms with Crippen molar-refractivity contribution in [1.82, 2.24) is 15.3 Å². The van der Waals surface area contributed by atoms with E-state index < -0.39 is 0 Å². The van der Waals surface area contributed by atoms with Gasteiger partial charge in [0.05, 0.1) is 5.92 Å². The minimum Gasteiger partial charge on any atom is -0.353 e. The van der Waals surface area contributed by atoms with Crippen molar-refractivity contribution in [3.63, 3.8) is 0 Å². The smallest absolute Gasteiger partial charge is 0.225 e. The maximum absolute atomic E-state index is 12.7. The Morgan fingerprint density at radius 1 is 1.04 bits per heavy atom. The third-order valence-corrected chi connectivity index (χ3v) is 5.25. The number of hydrogen-bond acceptors (Lipinski definition) is 4. The Bertz CT molecular complexity index is 546. The summed E-state index contributed by atoms with van der Waals surface area (Å²) >= 11 is 0. The second kappa shape index (κ2) is 7.95. The van der Waals surface area contributed by atoms with Gasteiger partial charge in [0.25, 0.3) is 0 Å². The average molecular weight is 330 g/mol. The first-order valence-electron chi connectivity index (χ1n) is 9.49. The molecule has 1 atom stereocenters. The second-order valence-corrected chi connectivity index (χ2v) is 7.43. The van der Waals surface area contributed by atoms with Crippen LogP contribution in [0.5, 0.6) is 0 Å². The Hall–Kier alpha value is -1.65. The number of nitrogens with zero attached hydrogens (tertiary/aromatic N) is 3. The predicted octanol–water partition coefficient (Wildman–Crippen LogP) is 3.15. The van der Waals surface area contributed by atoms with Crippen LogP contribution in [-0.4, -0.2) is 35.0 Å². The fourth-order valence-electron chi connectivity index (χ4n) is 3.96. The Labute approximate surface area is 145 Å². The van der Waals surface area contributed by atoms with Crippen molar-refractivity contribution in [3.05, 3.63) is 17.5 Å². The first kappa shape index (κ1) is 17.2. The van der Waals surface area contributed by atoms with E-state index in [1.165, 1.54) is 25.7 Å². The highest BCUT2D eigenvalue weighted by Gasteiger charge is 2.28. The molecule has 5 nitrogen and oxygen atoms in total. The van der Waals surface area contributed by atoms with Gasteiger partial charge in [0.15, 0.2) is 0 Å². The number of carbonyl (C=O) groups is 1. The molecule has 0 spiro atoms. The van der Waals surface area contributed by atoms with E-state index in [4.69, 9.17) is 0 Å². The molecule has 5 heteroatoms. The van der Waals surface area contributed by atoms with Gasteiger partial charge >= 0.3 is 0 Å². The zero-order chi connectivity index (χ0) is 16.9. The number of aryl methyl sites for hydroxylation is 2. The fraction of sp³-hybridized carbons (Fsp3) is 0.737. The Morgan fingerprint density at radius 2 is 1.71 bits per heavy atom. The first-order chi connectivity index (χ1) is 11.6. The van der Waals surface area contributed by atoms with Gasteiger partial charge in [-0.3, -0.25) is 4.79 Å². The maximum atomic E-state index is 12.7. The Balaban J connectivity index is 1.61. The van der Waals surface area contributed by atoms with Crippen molar-refractivity contribution in [2.75, 3.05) is 18.0 Å². The van der Waals surface area contributed by atoms with Crippen molar-refractivity contribution < 1.29 is 4.79 Å². The molecular weight excluding hydrogens is 300 g/mol. The van der Waals surface area contributed by atoms with Crippen LogP contribution in [0, 0.1) is 19.8 Å². The highest BCUT2D eigenvalue weighted by atomic mass is 16.2. The van der Waals surface area contributed by atoms with E-state index in [1.807, 2.05) is 19.9 Å². The summed E-state index contributed by atoms with van der Waals surface area (Å²) in [5.74, 6) is 1.07. The third kappa shape index (κ3) is 4.46. The molecule has 2 aliphatic rings. The minimum absolute atomic E-state index is 0.0615. The van der Waals surface area contributed by atoms with E-state index in [0.29, 0.717) is 6.04 Å². The summed E-state index contributed by atoms with van der Waals surface area (Å²) in [5, 5.41) is 3.32. The fourth-order valence-corrected chi connectivity index (χ4v) is 3.96. The first-order valence-corrected chi connectivity index (χ1v) is 9.49. The molecule has 3 rings (SSSR count). The summed E-state index contributed by atoms with van der Waals surface area (Å²) in [4.78, 5) is 24.0.